The molecule has 17 rings (SSSR count). The van der Waals surface area contributed by atoms with Crippen molar-refractivity contribution < 1.29 is 4.74 Å². The first-order chi connectivity index (χ1) is 43.2. The number of anilines is 6. The first-order valence-corrected chi connectivity index (χ1v) is 30.8. The van der Waals surface area contributed by atoms with Gasteiger partial charge in [0.2, 0.25) is 0 Å². The lowest BCUT2D eigenvalue weighted by atomic mass is 9.65. The number of fused-ring (bicyclic) bond motifs is 15. The summed E-state index contributed by atoms with van der Waals surface area (Å²) < 4.78 is 7.01. The Morgan fingerprint density at radius 3 is 1.10 bits per heavy atom. The van der Waals surface area contributed by atoms with Crippen molar-refractivity contribution in [2.45, 2.75) is 43.9 Å². The summed E-state index contributed by atoms with van der Waals surface area (Å²) >= 11 is 0. The Kier molecular flexibility index (Phi) is 11.5. The maximum absolute atomic E-state index is 7.01. The Labute approximate surface area is 515 Å². The third kappa shape index (κ3) is 7.63. The molecule has 0 fully saturated rings. The van der Waals surface area contributed by atoms with E-state index in [0.29, 0.717) is 0 Å². The number of hydrogen-bond acceptors (Lipinski definition) is 3. The van der Waals surface area contributed by atoms with Gasteiger partial charge in [-0.15, -0.1) is 0 Å². The first kappa shape index (κ1) is 51.7. The Morgan fingerprint density at radius 1 is 0.250 bits per heavy atom. The minimum atomic E-state index is -0.791. The van der Waals surface area contributed by atoms with Crippen LogP contribution in [0.1, 0.15) is 72.2 Å². The molecule has 3 aliphatic carbocycles. The van der Waals surface area contributed by atoms with E-state index in [-0.39, 0.29) is 10.8 Å². The predicted octanol–water partition coefficient (Wildman–Crippen LogP) is 22.7. The maximum atomic E-state index is 7.01. The minimum absolute atomic E-state index is 0.162. The molecule has 1 heterocycles. The van der Waals surface area contributed by atoms with Gasteiger partial charge < -0.3 is 14.5 Å². The van der Waals surface area contributed by atoms with E-state index >= 15 is 0 Å². The topological polar surface area (TPSA) is 15.7 Å². The molecule has 0 unspecified atom stereocenters. The molecule has 3 nitrogen and oxygen atoms in total. The normalized spacial score (nSPS) is 14.3. The molecule has 0 saturated carbocycles. The molecule has 1 spiro atoms. The van der Waals surface area contributed by atoms with E-state index in [1.165, 1.54) is 89.0 Å². The van der Waals surface area contributed by atoms with Crippen LogP contribution in [0.5, 0.6) is 11.5 Å². The van der Waals surface area contributed by atoms with Gasteiger partial charge in [-0.2, -0.15) is 0 Å². The molecule has 0 bridgehead atoms. The standard InChI is InChI=1S/C85H62N2O/c1-83(2)71-28-14-11-25-66(71)68-49-47-63(53-76(68)83)86(60-41-35-57(36-42-60)55-21-7-5-8-22-55)61-45-39-59(40-46-61)65-51-52-78(82-81(65)70-27-13-16-30-73(70)85(82)74-31-17-19-33-79(74)88-80-34-20-18-32-75(80)85)87(62-43-37-58(38-44-62)56-23-9-6-10-24-56)64-48-50-69-67-26-12-15-29-72(67)84(3,4)77(69)54-64/h5-54H,1-4H3. The zero-order chi connectivity index (χ0) is 58.9. The summed E-state index contributed by atoms with van der Waals surface area (Å²) in [5.41, 5.74) is 30.1. The lowest BCUT2D eigenvalue weighted by Crippen LogP contribution is -2.33. The number of ether oxygens (including phenoxy) is 1. The molecule has 0 atom stereocenters. The second-order valence-corrected chi connectivity index (χ2v) is 25.1. The molecule has 4 aliphatic rings. The summed E-state index contributed by atoms with van der Waals surface area (Å²) in [6.45, 7) is 9.49. The lowest BCUT2D eigenvalue weighted by molar-refractivity contribution is 0.436. The Bertz CT molecular complexity index is 4880. The number of hydrogen-bond donors (Lipinski definition) is 0. The predicted molar refractivity (Wildman–Crippen MR) is 365 cm³/mol. The van der Waals surface area contributed by atoms with Crippen LogP contribution in [0.15, 0.2) is 303 Å². The highest BCUT2D eigenvalue weighted by Crippen LogP contribution is 2.67. The fraction of sp³-hybridized carbons (Fsp3) is 0.0824. The molecule has 0 saturated heterocycles. The van der Waals surface area contributed by atoms with Gasteiger partial charge in [0.1, 0.15) is 11.5 Å². The Morgan fingerprint density at radius 2 is 0.602 bits per heavy atom. The van der Waals surface area contributed by atoms with Gasteiger partial charge in [-0.1, -0.05) is 252 Å². The van der Waals surface area contributed by atoms with Crippen LogP contribution in [0, 0.1) is 0 Å². The zero-order valence-corrected chi connectivity index (χ0v) is 49.7. The molecule has 0 aromatic heterocycles. The first-order valence-electron chi connectivity index (χ1n) is 30.8. The van der Waals surface area contributed by atoms with Crippen molar-refractivity contribution in [1.29, 1.82) is 0 Å². The van der Waals surface area contributed by atoms with Gasteiger partial charge in [-0.3, -0.25) is 0 Å². The fourth-order valence-corrected chi connectivity index (χ4v) is 15.6. The van der Waals surface area contributed by atoms with E-state index in [2.05, 4.69) is 341 Å². The van der Waals surface area contributed by atoms with Crippen LogP contribution in [0.3, 0.4) is 0 Å². The summed E-state index contributed by atoms with van der Waals surface area (Å²) in [7, 11) is 0. The van der Waals surface area contributed by atoms with Crippen molar-refractivity contribution in [3.63, 3.8) is 0 Å². The van der Waals surface area contributed by atoms with Gasteiger partial charge in [-0.25, -0.2) is 0 Å². The molecular weight excluding hydrogens is 1060 g/mol. The maximum Gasteiger partial charge on any atom is 0.132 e. The van der Waals surface area contributed by atoms with Crippen LogP contribution in [-0.2, 0) is 16.2 Å². The zero-order valence-electron chi connectivity index (χ0n) is 49.7. The average Bonchev–Trinajstić information content (AvgIpc) is 1.47. The molecule has 3 heteroatoms. The van der Waals surface area contributed by atoms with Crippen LogP contribution < -0.4 is 14.5 Å². The van der Waals surface area contributed by atoms with Crippen molar-refractivity contribution in [3.05, 3.63) is 348 Å². The van der Waals surface area contributed by atoms with Crippen molar-refractivity contribution in [2.75, 3.05) is 9.80 Å². The van der Waals surface area contributed by atoms with Crippen molar-refractivity contribution >= 4 is 34.1 Å². The molecule has 88 heavy (non-hydrogen) atoms. The van der Waals surface area contributed by atoms with Crippen molar-refractivity contribution in [1.82, 2.24) is 0 Å². The lowest BCUT2D eigenvalue weighted by Gasteiger charge is -2.41. The molecular formula is C85H62N2O. The number of para-hydroxylation sites is 2. The van der Waals surface area contributed by atoms with Crippen molar-refractivity contribution in [3.8, 4) is 78.3 Å². The highest BCUT2D eigenvalue weighted by atomic mass is 16.5. The molecule has 0 radical (unpaired) electrons. The van der Waals surface area contributed by atoms with Gasteiger partial charge >= 0.3 is 0 Å². The van der Waals surface area contributed by atoms with Gasteiger partial charge in [0, 0.05) is 56.0 Å². The van der Waals surface area contributed by atoms with Gasteiger partial charge in [0.25, 0.3) is 0 Å². The van der Waals surface area contributed by atoms with Crippen LogP contribution in [0.25, 0.3) is 66.8 Å². The van der Waals surface area contributed by atoms with E-state index in [9.17, 15) is 0 Å². The van der Waals surface area contributed by atoms with E-state index in [4.69, 9.17) is 4.74 Å². The largest absolute Gasteiger partial charge is 0.457 e. The van der Waals surface area contributed by atoms with Crippen LogP contribution in [0.2, 0.25) is 0 Å². The molecule has 0 N–H and O–H groups in total. The number of benzene rings is 13. The summed E-state index contributed by atoms with van der Waals surface area (Å²) in [6.07, 6.45) is 0. The summed E-state index contributed by atoms with van der Waals surface area (Å²) in [6, 6.07) is 113. The van der Waals surface area contributed by atoms with Gasteiger partial charge in [0.15, 0.2) is 0 Å². The van der Waals surface area contributed by atoms with E-state index in [1.807, 2.05) is 0 Å². The fourth-order valence-electron chi connectivity index (χ4n) is 15.6. The SMILES string of the molecule is CC1(C)c2ccccc2-c2ccc(N(c3ccc(-c4ccccc4)cc3)c3ccc(-c4ccc(N(c5ccc(-c6ccccc6)cc5)c5ccc6c(c5)C(C)(C)c5ccccc5-6)c5c4-c4ccccc4C54c5ccccc5Oc5ccccc54)cc3)cc21. The minimum Gasteiger partial charge on any atom is -0.457 e. The molecule has 0 amide bonds. The Balaban J connectivity index is 0.894. The number of rotatable bonds is 9. The summed E-state index contributed by atoms with van der Waals surface area (Å²) in [4.78, 5) is 4.98. The molecule has 418 valence electrons. The van der Waals surface area contributed by atoms with Crippen LogP contribution in [-0.4, -0.2) is 0 Å². The summed E-state index contributed by atoms with van der Waals surface area (Å²) in [5.74, 6) is 1.71. The second-order valence-electron chi connectivity index (χ2n) is 25.1. The van der Waals surface area contributed by atoms with E-state index < -0.39 is 5.41 Å². The quantitative estimate of drug-likeness (QED) is 0.143. The van der Waals surface area contributed by atoms with Gasteiger partial charge in [0.05, 0.1) is 11.1 Å². The number of nitrogens with zero attached hydrogens (tertiary/aromatic N) is 2. The molecule has 1 aliphatic heterocycles. The third-order valence-corrected chi connectivity index (χ3v) is 19.8. The van der Waals surface area contributed by atoms with Crippen LogP contribution in [0.4, 0.5) is 34.1 Å². The highest BCUT2D eigenvalue weighted by molar-refractivity contribution is 6.03. The smallest absolute Gasteiger partial charge is 0.132 e. The average molecular weight is 1130 g/mol. The molecule has 13 aromatic carbocycles. The van der Waals surface area contributed by atoms with E-state index in [0.717, 1.165) is 67.9 Å². The van der Waals surface area contributed by atoms with Crippen LogP contribution >= 0.6 is 0 Å². The van der Waals surface area contributed by atoms with E-state index in [1.54, 1.807) is 0 Å². The van der Waals surface area contributed by atoms with Crippen molar-refractivity contribution in [2.24, 2.45) is 0 Å². The third-order valence-electron chi connectivity index (χ3n) is 19.8. The Hall–Kier alpha value is -10.7. The molecule has 13 aromatic rings. The highest BCUT2D eigenvalue weighted by Gasteiger charge is 2.54. The second kappa shape index (κ2) is 19.7. The summed E-state index contributed by atoms with van der Waals surface area (Å²) in [5, 5.41) is 0. The van der Waals surface area contributed by atoms with Gasteiger partial charge in [-0.05, 0) is 173 Å². The monoisotopic (exact) mass is 1130 g/mol.